The molecule has 4 heteroatoms. The molecule has 2 heterocycles. The van der Waals surface area contributed by atoms with E-state index in [0.717, 1.165) is 32.1 Å². The molecule has 0 unspecified atom stereocenters. The second kappa shape index (κ2) is 5.02. The Morgan fingerprint density at radius 2 is 2.35 bits per heavy atom. The van der Waals surface area contributed by atoms with Crippen LogP contribution in [0.2, 0.25) is 0 Å². The summed E-state index contributed by atoms with van der Waals surface area (Å²) in [7, 11) is 1.96. The number of morpholine rings is 1. The van der Waals surface area contributed by atoms with Gasteiger partial charge < -0.3 is 15.0 Å². The third kappa shape index (κ3) is 3.17. The summed E-state index contributed by atoms with van der Waals surface area (Å²) in [6.07, 6.45) is 1.88. The van der Waals surface area contributed by atoms with Gasteiger partial charge in [0.1, 0.15) is 5.82 Å². The van der Waals surface area contributed by atoms with Crippen LogP contribution in [0.25, 0.3) is 0 Å². The molecular formula is C13H21N3O. The zero-order valence-corrected chi connectivity index (χ0v) is 10.9. The van der Waals surface area contributed by atoms with E-state index in [0.29, 0.717) is 0 Å². The van der Waals surface area contributed by atoms with Gasteiger partial charge in [-0.3, -0.25) is 0 Å². The summed E-state index contributed by atoms with van der Waals surface area (Å²) in [6, 6.07) is 4.20. The lowest BCUT2D eigenvalue weighted by Crippen LogP contribution is -2.48. The third-order valence-corrected chi connectivity index (χ3v) is 2.94. The molecule has 1 aliphatic rings. The maximum absolute atomic E-state index is 5.71. The molecule has 1 fully saturated rings. The molecule has 0 amide bonds. The van der Waals surface area contributed by atoms with Crippen LogP contribution in [0.3, 0.4) is 0 Å². The molecule has 1 aromatic rings. The van der Waals surface area contributed by atoms with Crippen LogP contribution in [0.4, 0.5) is 5.82 Å². The summed E-state index contributed by atoms with van der Waals surface area (Å²) < 4.78 is 5.71. The minimum atomic E-state index is -0.0844. The number of hydrogen-bond donors (Lipinski definition) is 1. The van der Waals surface area contributed by atoms with Gasteiger partial charge in [0.15, 0.2) is 0 Å². The quantitative estimate of drug-likeness (QED) is 0.859. The van der Waals surface area contributed by atoms with Crippen LogP contribution in [-0.4, -0.2) is 37.3 Å². The van der Waals surface area contributed by atoms with E-state index in [4.69, 9.17) is 4.74 Å². The standard InChI is InChI=1S/C13H21N3O/c1-13(2)10-16(6-7-17-13)12-8-11(9-14-3)4-5-15-12/h4-5,8,14H,6-7,9-10H2,1-3H3. The maximum atomic E-state index is 5.71. The van der Waals surface area contributed by atoms with Gasteiger partial charge in [0.25, 0.3) is 0 Å². The first-order chi connectivity index (χ1) is 8.11. The number of aromatic nitrogens is 1. The Bertz CT molecular complexity index is 379. The van der Waals surface area contributed by atoms with Crippen molar-refractivity contribution in [2.45, 2.75) is 26.0 Å². The smallest absolute Gasteiger partial charge is 0.128 e. The summed E-state index contributed by atoms with van der Waals surface area (Å²) in [4.78, 5) is 6.75. The van der Waals surface area contributed by atoms with Crippen LogP contribution < -0.4 is 10.2 Å². The Labute approximate surface area is 103 Å². The lowest BCUT2D eigenvalue weighted by atomic mass is 10.1. The number of pyridine rings is 1. The van der Waals surface area contributed by atoms with Crippen molar-refractivity contribution >= 4 is 5.82 Å². The first-order valence-electron chi connectivity index (χ1n) is 6.09. The van der Waals surface area contributed by atoms with E-state index < -0.39 is 0 Å². The van der Waals surface area contributed by atoms with Crippen molar-refractivity contribution < 1.29 is 4.74 Å². The summed E-state index contributed by atoms with van der Waals surface area (Å²) in [5.74, 6) is 1.05. The SMILES string of the molecule is CNCc1ccnc(N2CCOC(C)(C)C2)c1. The number of nitrogens with one attached hydrogen (secondary N) is 1. The van der Waals surface area contributed by atoms with E-state index in [1.165, 1.54) is 5.56 Å². The molecule has 1 N–H and O–H groups in total. The Kier molecular flexibility index (Phi) is 3.64. The highest BCUT2D eigenvalue weighted by atomic mass is 16.5. The van der Waals surface area contributed by atoms with Crippen LogP contribution in [0.5, 0.6) is 0 Å². The number of nitrogens with zero attached hydrogens (tertiary/aromatic N) is 2. The van der Waals surface area contributed by atoms with Crippen LogP contribution in [0, 0.1) is 0 Å². The average Bonchev–Trinajstić information content (AvgIpc) is 2.28. The molecule has 0 radical (unpaired) electrons. The molecule has 1 aromatic heterocycles. The Hall–Kier alpha value is -1.13. The molecule has 1 saturated heterocycles. The fourth-order valence-electron chi connectivity index (χ4n) is 2.16. The van der Waals surface area contributed by atoms with Gasteiger partial charge >= 0.3 is 0 Å². The van der Waals surface area contributed by atoms with Crippen LogP contribution in [0.15, 0.2) is 18.3 Å². The largest absolute Gasteiger partial charge is 0.372 e. The Morgan fingerprint density at radius 3 is 3.06 bits per heavy atom. The zero-order chi connectivity index (χ0) is 12.3. The molecule has 0 aliphatic carbocycles. The Morgan fingerprint density at radius 1 is 1.53 bits per heavy atom. The molecular weight excluding hydrogens is 214 g/mol. The second-order valence-electron chi connectivity index (χ2n) is 5.08. The second-order valence-corrected chi connectivity index (χ2v) is 5.08. The zero-order valence-electron chi connectivity index (χ0n) is 10.9. The first-order valence-corrected chi connectivity index (χ1v) is 6.09. The lowest BCUT2D eigenvalue weighted by molar-refractivity contribution is -0.0279. The lowest BCUT2D eigenvalue weighted by Gasteiger charge is -2.38. The molecule has 4 nitrogen and oxygen atoms in total. The minimum Gasteiger partial charge on any atom is -0.372 e. The van der Waals surface area contributed by atoms with Crippen molar-refractivity contribution in [2.24, 2.45) is 0 Å². The highest BCUT2D eigenvalue weighted by Crippen LogP contribution is 2.21. The van der Waals surface area contributed by atoms with E-state index in [-0.39, 0.29) is 5.60 Å². The summed E-state index contributed by atoms with van der Waals surface area (Å²) in [5, 5.41) is 3.16. The summed E-state index contributed by atoms with van der Waals surface area (Å²) in [5.41, 5.74) is 1.18. The summed E-state index contributed by atoms with van der Waals surface area (Å²) in [6.45, 7) is 7.70. The number of anilines is 1. The van der Waals surface area contributed by atoms with E-state index in [1.807, 2.05) is 19.3 Å². The van der Waals surface area contributed by atoms with Gasteiger partial charge in [-0.05, 0) is 38.6 Å². The van der Waals surface area contributed by atoms with Crippen LogP contribution in [-0.2, 0) is 11.3 Å². The minimum absolute atomic E-state index is 0.0844. The van der Waals surface area contributed by atoms with Crippen LogP contribution in [0.1, 0.15) is 19.4 Å². The average molecular weight is 235 g/mol. The van der Waals surface area contributed by atoms with Crippen molar-refractivity contribution in [1.29, 1.82) is 0 Å². The molecule has 0 aromatic carbocycles. The predicted molar refractivity (Wildman–Crippen MR) is 69.2 cm³/mol. The van der Waals surface area contributed by atoms with Crippen molar-refractivity contribution in [3.63, 3.8) is 0 Å². The maximum Gasteiger partial charge on any atom is 0.128 e. The summed E-state index contributed by atoms with van der Waals surface area (Å²) >= 11 is 0. The fourth-order valence-corrected chi connectivity index (χ4v) is 2.16. The van der Waals surface area contributed by atoms with Crippen molar-refractivity contribution in [1.82, 2.24) is 10.3 Å². The normalized spacial score (nSPS) is 19.4. The monoisotopic (exact) mass is 235 g/mol. The van der Waals surface area contributed by atoms with Gasteiger partial charge in [-0.25, -0.2) is 4.98 Å². The van der Waals surface area contributed by atoms with E-state index >= 15 is 0 Å². The van der Waals surface area contributed by atoms with Gasteiger partial charge in [0, 0.05) is 25.8 Å². The van der Waals surface area contributed by atoms with E-state index in [9.17, 15) is 0 Å². The third-order valence-electron chi connectivity index (χ3n) is 2.94. The van der Waals surface area contributed by atoms with E-state index in [1.54, 1.807) is 0 Å². The van der Waals surface area contributed by atoms with Gasteiger partial charge in [0.05, 0.1) is 12.2 Å². The molecule has 0 atom stereocenters. The van der Waals surface area contributed by atoms with Gasteiger partial charge in [-0.2, -0.15) is 0 Å². The van der Waals surface area contributed by atoms with Gasteiger partial charge in [-0.15, -0.1) is 0 Å². The molecule has 1 aliphatic heterocycles. The van der Waals surface area contributed by atoms with Crippen molar-refractivity contribution in [3.05, 3.63) is 23.9 Å². The highest BCUT2D eigenvalue weighted by molar-refractivity contribution is 5.42. The number of ether oxygens (including phenoxy) is 1. The molecule has 2 rings (SSSR count). The molecule has 0 spiro atoms. The molecule has 0 saturated carbocycles. The van der Waals surface area contributed by atoms with E-state index in [2.05, 4.69) is 35.1 Å². The van der Waals surface area contributed by atoms with Crippen molar-refractivity contribution in [3.8, 4) is 0 Å². The van der Waals surface area contributed by atoms with Crippen molar-refractivity contribution in [2.75, 3.05) is 31.6 Å². The first kappa shape index (κ1) is 12.3. The highest BCUT2D eigenvalue weighted by Gasteiger charge is 2.27. The topological polar surface area (TPSA) is 37.4 Å². The van der Waals surface area contributed by atoms with Gasteiger partial charge in [-0.1, -0.05) is 0 Å². The number of hydrogen-bond acceptors (Lipinski definition) is 4. The fraction of sp³-hybridized carbons (Fsp3) is 0.615. The molecule has 0 bridgehead atoms. The Balaban J connectivity index is 2.13. The molecule has 94 valence electrons. The molecule has 17 heavy (non-hydrogen) atoms. The van der Waals surface area contributed by atoms with Gasteiger partial charge in [0.2, 0.25) is 0 Å². The van der Waals surface area contributed by atoms with Crippen LogP contribution >= 0.6 is 0 Å². The predicted octanol–water partition coefficient (Wildman–Crippen LogP) is 1.42. The number of rotatable bonds is 3.